The minimum Gasteiger partial charge on any atom is -0.456 e. The molecule has 4 heterocycles. The molecule has 0 spiro atoms. The van der Waals surface area contributed by atoms with Crippen LogP contribution in [0, 0.1) is 0 Å². The second-order valence-corrected chi connectivity index (χ2v) is 13.7. The number of hydrogen-bond acceptors (Lipinski definition) is 2. The van der Waals surface area contributed by atoms with Crippen molar-refractivity contribution >= 4 is 87.5 Å². The number of rotatable bonds is 3. The molecule has 0 aliphatic carbocycles. The van der Waals surface area contributed by atoms with Gasteiger partial charge >= 0.3 is 0 Å². The number of fused-ring (bicyclic) bond motifs is 12. The molecule has 0 fully saturated rings. The van der Waals surface area contributed by atoms with Gasteiger partial charge in [0.05, 0.1) is 22.1 Å². The van der Waals surface area contributed by atoms with Gasteiger partial charge < -0.3 is 18.0 Å². The predicted octanol–water partition coefficient (Wildman–Crippen LogP) is 13.3. The van der Waals surface area contributed by atoms with Gasteiger partial charge in [-0.25, -0.2) is 0 Å². The van der Waals surface area contributed by atoms with Crippen molar-refractivity contribution in [1.82, 2.24) is 9.13 Å². The summed E-state index contributed by atoms with van der Waals surface area (Å²) in [6.45, 7) is 0. The van der Waals surface area contributed by atoms with Crippen LogP contribution in [0.2, 0.25) is 0 Å². The van der Waals surface area contributed by atoms with Crippen LogP contribution in [0.1, 0.15) is 0 Å². The molecule has 242 valence electrons. The van der Waals surface area contributed by atoms with Crippen LogP contribution in [0.4, 0.5) is 0 Å². The highest BCUT2D eigenvalue weighted by molar-refractivity contribution is 6.18. The number of furan rings is 2. The monoisotopic (exact) mass is 664 g/mol. The van der Waals surface area contributed by atoms with Crippen LogP contribution >= 0.6 is 0 Å². The third kappa shape index (κ3) is 3.75. The van der Waals surface area contributed by atoms with Crippen molar-refractivity contribution in [1.29, 1.82) is 0 Å². The van der Waals surface area contributed by atoms with Gasteiger partial charge in [-0.2, -0.15) is 0 Å². The number of nitrogens with zero attached hydrogens (tertiary/aromatic N) is 2. The Hall–Kier alpha value is -7.04. The standard InChI is InChI=1S/C48H28N2O2/c1-2-11-30(12-3-1)49-40-17-7-4-13-33(40)36-25-29(21-23-42(36)49)32-16-10-19-43-48(32)35-15-5-8-18-41(35)50(43)31-22-24-45-37(26-31)39-28-46-38(27-47(39)52-45)34-14-6-9-20-44(34)51-46/h1-28H. The summed E-state index contributed by atoms with van der Waals surface area (Å²) >= 11 is 0. The van der Waals surface area contributed by atoms with Crippen LogP contribution in [-0.4, -0.2) is 9.13 Å². The highest BCUT2D eigenvalue weighted by Gasteiger charge is 2.20. The van der Waals surface area contributed by atoms with E-state index >= 15 is 0 Å². The molecule has 0 N–H and O–H groups in total. The second kappa shape index (κ2) is 10.3. The summed E-state index contributed by atoms with van der Waals surface area (Å²) in [5, 5.41) is 9.24. The van der Waals surface area contributed by atoms with Gasteiger partial charge in [-0.1, -0.05) is 91.0 Å². The topological polar surface area (TPSA) is 36.1 Å². The molecule has 8 aromatic carbocycles. The SMILES string of the molecule is c1ccc(-n2c3ccccc3c3cc(-c4cccc5c4c4ccccc4n5-c4ccc5oc6cc7c(cc6c5c4)oc4ccccc47)ccc32)cc1. The van der Waals surface area contributed by atoms with Crippen LogP contribution in [0.3, 0.4) is 0 Å². The maximum Gasteiger partial charge on any atom is 0.136 e. The first-order valence-corrected chi connectivity index (χ1v) is 17.7. The fourth-order valence-electron chi connectivity index (χ4n) is 8.66. The summed E-state index contributed by atoms with van der Waals surface area (Å²) in [5.74, 6) is 0. The Labute approximate surface area is 296 Å². The molecule has 4 nitrogen and oxygen atoms in total. The van der Waals surface area contributed by atoms with Gasteiger partial charge in [-0.15, -0.1) is 0 Å². The second-order valence-electron chi connectivity index (χ2n) is 13.7. The molecule has 0 amide bonds. The molecule has 4 aromatic heterocycles. The van der Waals surface area contributed by atoms with Gasteiger partial charge in [0.15, 0.2) is 0 Å². The fraction of sp³-hybridized carbons (Fsp3) is 0. The lowest BCUT2D eigenvalue weighted by Gasteiger charge is -2.10. The molecule has 0 radical (unpaired) electrons. The summed E-state index contributed by atoms with van der Waals surface area (Å²) in [6, 6.07) is 60.7. The van der Waals surface area contributed by atoms with Crippen LogP contribution in [0.25, 0.3) is 110 Å². The summed E-state index contributed by atoms with van der Waals surface area (Å²) in [6.07, 6.45) is 0. The Morgan fingerprint density at radius 2 is 0.904 bits per heavy atom. The number of aromatic nitrogens is 2. The number of para-hydroxylation sites is 4. The Morgan fingerprint density at radius 3 is 1.73 bits per heavy atom. The molecule has 0 aliphatic heterocycles. The minimum atomic E-state index is 0.861. The Kier molecular flexibility index (Phi) is 5.47. The van der Waals surface area contributed by atoms with Gasteiger partial charge in [0.2, 0.25) is 0 Å². The van der Waals surface area contributed by atoms with E-state index in [-0.39, 0.29) is 0 Å². The Morgan fingerprint density at radius 1 is 0.308 bits per heavy atom. The smallest absolute Gasteiger partial charge is 0.136 e. The fourth-order valence-corrected chi connectivity index (χ4v) is 8.66. The van der Waals surface area contributed by atoms with Crippen molar-refractivity contribution in [3.63, 3.8) is 0 Å². The third-order valence-electron chi connectivity index (χ3n) is 10.9. The van der Waals surface area contributed by atoms with E-state index < -0.39 is 0 Å². The number of benzene rings is 8. The lowest BCUT2D eigenvalue weighted by atomic mass is 9.98. The molecule has 0 bridgehead atoms. The highest BCUT2D eigenvalue weighted by atomic mass is 16.3. The summed E-state index contributed by atoms with van der Waals surface area (Å²) in [5.41, 5.74) is 12.9. The lowest BCUT2D eigenvalue weighted by Crippen LogP contribution is -1.93. The van der Waals surface area contributed by atoms with E-state index in [1.165, 1.54) is 49.2 Å². The normalized spacial score (nSPS) is 12.2. The summed E-state index contributed by atoms with van der Waals surface area (Å²) in [4.78, 5) is 0. The molecular weight excluding hydrogens is 637 g/mol. The third-order valence-corrected chi connectivity index (χ3v) is 10.9. The van der Waals surface area contributed by atoms with Crippen molar-refractivity contribution < 1.29 is 8.83 Å². The molecular formula is C48H28N2O2. The van der Waals surface area contributed by atoms with E-state index in [0.29, 0.717) is 0 Å². The van der Waals surface area contributed by atoms with Gasteiger partial charge in [0, 0.05) is 54.5 Å². The van der Waals surface area contributed by atoms with Gasteiger partial charge in [-0.3, -0.25) is 0 Å². The molecule has 0 saturated heterocycles. The average molecular weight is 665 g/mol. The van der Waals surface area contributed by atoms with Gasteiger partial charge in [0.1, 0.15) is 22.3 Å². The molecule has 0 atom stereocenters. The molecule has 0 saturated carbocycles. The van der Waals surface area contributed by atoms with E-state index in [2.05, 4.69) is 161 Å². The first-order chi connectivity index (χ1) is 25.8. The van der Waals surface area contributed by atoms with Crippen molar-refractivity contribution in [2.75, 3.05) is 0 Å². The van der Waals surface area contributed by atoms with Crippen LogP contribution in [0.5, 0.6) is 0 Å². The van der Waals surface area contributed by atoms with Crippen LogP contribution in [-0.2, 0) is 0 Å². The zero-order valence-corrected chi connectivity index (χ0v) is 27.9. The molecule has 12 rings (SSSR count). The van der Waals surface area contributed by atoms with Crippen LogP contribution < -0.4 is 0 Å². The highest BCUT2D eigenvalue weighted by Crippen LogP contribution is 2.42. The predicted molar refractivity (Wildman–Crippen MR) is 215 cm³/mol. The average Bonchev–Trinajstić information content (AvgIpc) is 3.94. The zero-order chi connectivity index (χ0) is 33.9. The molecule has 0 aliphatic rings. The van der Waals surface area contributed by atoms with Crippen molar-refractivity contribution in [2.45, 2.75) is 0 Å². The van der Waals surface area contributed by atoms with Gasteiger partial charge in [-0.05, 0) is 90.0 Å². The Balaban J connectivity index is 1.08. The van der Waals surface area contributed by atoms with Crippen molar-refractivity contribution in [3.05, 3.63) is 170 Å². The minimum absolute atomic E-state index is 0.861. The maximum atomic E-state index is 6.45. The molecule has 4 heteroatoms. The first kappa shape index (κ1) is 27.7. The van der Waals surface area contributed by atoms with Crippen LogP contribution in [0.15, 0.2) is 179 Å². The van der Waals surface area contributed by atoms with Gasteiger partial charge in [0.25, 0.3) is 0 Å². The first-order valence-electron chi connectivity index (χ1n) is 17.7. The van der Waals surface area contributed by atoms with E-state index in [1.807, 2.05) is 18.2 Å². The quantitative estimate of drug-likeness (QED) is 0.188. The molecule has 12 aromatic rings. The van der Waals surface area contributed by atoms with E-state index in [1.54, 1.807) is 0 Å². The number of hydrogen-bond donors (Lipinski definition) is 0. The van der Waals surface area contributed by atoms with E-state index in [4.69, 9.17) is 8.83 Å². The van der Waals surface area contributed by atoms with E-state index in [9.17, 15) is 0 Å². The lowest BCUT2D eigenvalue weighted by molar-refractivity contribution is 0.664. The molecule has 52 heavy (non-hydrogen) atoms. The summed E-state index contributed by atoms with van der Waals surface area (Å²) in [7, 11) is 0. The zero-order valence-electron chi connectivity index (χ0n) is 27.9. The maximum absolute atomic E-state index is 6.45. The summed E-state index contributed by atoms with van der Waals surface area (Å²) < 4.78 is 17.5. The van der Waals surface area contributed by atoms with Crippen molar-refractivity contribution in [2.24, 2.45) is 0 Å². The molecule has 0 unspecified atom stereocenters. The largest absolute Gasteiger partial charge is 0.456 e. The Bertz CT molecular complexity index is 3410. The van der Waals surface area contributed by atoms with E-state index in [0.717, 1.165) is 60.8 Å². The van der Waals surface area contributed by atoms with Crippen molar-refractivity contribution in [3.8, 4) is 22.5 Å².